The third-order valence-corrected chi connectivity index (χ3v) is 12.1. The standard InChI is InChI=1S/C29H33IN2OSi/c1-29(2,3)34(27-12-6-4-7-13-27,28-14-8-5-9-15-28)33-20-10-11-26-21-31-23-32(26)22-24-16-18-25(30)19-17-24/h4-9,12-19,21,23H,10-11,20,22H2,1-3H3. The molecule has 1 aromatic heterocycles. The molecule has 0 bridgehead atoms. The van der Waals surface area contributed by atoms with Gasteiger partial charge in [0.2, 0.25) is 0 Å². The Labute approximate surface area is 218 Å². The predicted molar refractivity (Wildman–Crippen MR) is 152 cm³/mol. The van der Waals surface area contributed by atoms with Crippen molar-refractivity contribution < 1.29 is 4.43 Å². The summed E-state index contributed by atoms with van der Waals surface area (Å²) in [6.45, 7) is 8.56. The number of imidazole rings is 1. The molecule has 0 saturated carbocycles. The van der Waals surface area contributed by atoms with Gasteiger partial charge in [0.15, 0.2) is 0 Å². The van der Waals surface area contributed by atoms with Crippen molar-refractivity contribution >= 4 is 41.3 Å². The molecule has 0 saturated heterocycles. The van der Waals surface area contributed by atoms with Crippen LogP contribution in [0.5, 0.6) is 0 Å². The van der Waals surface area contributed by atoms with E-state index in [9.17, 15) is 0 Å². The molecule has 1 heterocycles. The summed E-state index contributed by atoms with van der Waals surface area (Å²) in [7, 11) is -2.47. The molecule has 0 N–H and O–H groups in total. The molecule has 3 aromatic carbocycles. The molecule has 0 unspecified atom stereocenters. The maximum Gasteiger partial charge on any atom is 0.261 e. The van der Waals surface area contributed by atoms with Crippen molar-refractivity contribution in [1.82, 2.24) is 9.55 Å². The van der Waals surface area contributed by atoms with Gasteiger partial charge >= 0.3 is 0 Å². The number of hydrogen-bond acceptors (Lipinski definition) is 2. The monoisotopic (exact) mass is 580 g/mol. The highest BCUT2D eigenvalue weighted by atomic mass is 127. The Hall–Kier alpha value is -2.22. The highest BCUT2D eigenvalue weighted by molar-refractivity contribution is 14.1. The van der Waals surface area contributed by atoms with Crippen LogP contribution in [0.1, 0.15) is 38.4 Å². The molecule has 0 atom stereocenters. The molecule has 0 fully saturated rings. The first kappa shape index (κ1) is 24.9. The van der Waals surface area contributed by atoms with Crippen molar-refractivity contribution in [1.29, 1.82) is 0 Å². The third kappa shape index (κ3) is 5.53. The summed E-state index contributed by atoms with van der Waals surface area (Å²) >= 11 is 2.35. The summed E-state index contributed by atoms with van der Waals surface area (Å²) in [5.74, 6) is 0. The van der Waals surface area contributed by atoms with E-state index in [0.717, 1.165) is 26.0 Å². The van der Waals surface area contributed by atoms with Crippen LogP contribution in [0.15, 0.2) is 97.5 Å². The van der Waals surface area contributed by atoms with E-state index in [4.69, 9.17) is 4.43 Å². The third-order valence-electron chi connectivity index (χ3n) is 6.38. The Morgan fingerprint density at radius 1 is 0.853 bits per heavy atom. The van der Waals surface area contributed by atoms with Gasteiger partial charge < -0.3 is 8.99 Å². The number of aromatic nitrogens is 2. The minimum Gasteiger partial charge on any atom is -0.407 e. The number of benzene rings is 3. The summed E-state index contributed by atoms with van der Waals surface area (Å²) < 4.78 is 10.6. The summed E-state index contributed by atoms with van der Waals surface area (Å²) in [6.07, 6.45) is 5.84. The van der Waals surface area contributed by atoms with Crippen LogP contribution in [0.2, 0.25) is 5.04 Å². The number of aryl methyl sites for hydroxylation is 1. The van der Waals surface area contributed by atoms with E-state index in [0.29, 0.717) is 0 Å². The largest absolute Gasteiger partial charge is 0.407 e. The molecule has 4 rings (SSSR count). The molecule has 34 heavy (non-hydrogen) atoms. The SMILES string of the molecule is CC(C)(C)[Si](OCCCc1cncn1Cc1ccc(I)cc1)(c1ccccc1)c1ccccc1. The van der Waals surface area contributed by atoms with Crippen molar-refractivity contribution in [3.63, 3.8) is 0 Å². The maximum absolute atomic E-state index is 7.04. The summed E-state index contributed by atoms with van der Waals surface area (Å²) in [5, 5.41) is 2.66. The molecular formula is C29H33IN2OSi. The normalized spacial score (nSPS) is 12.1. The van der Waals surface area contributed by atoms with Gasteiger partial charge in [-0.05, 0) is 68.5 Å². The van der Waals surface area contributed by atoms with Gasteiger partial charge in [-0.25, -0.2) is 4.98 Å². The van der Waals surface area contributed by atoms with Gasteiger partial charge in [-0.3, -0.25) is 0 Å². The molecule has 0 radical (unpaired) electrons. The van der Waals surface area contributed by atoms with E-state index in [1.54, 1.807) is 0 Å². The van der Waals surface area contributed by atoms with Crippen LogP contribution in [-0.4, -0.2) is 24.5 Å². The van der Waals surface area contributed by atoms with E-state index < -0.39 is 8.32 Å². The average molecular weight is 581 g/mol. The number of hydrogen-bond donors (Lipinski definition) is 0. The zero-order valence-corrected chi connectivity index (χ0v) is 23.4. The van der Waals surface area contributed by atoms with Crippen LogP contribution in [-0.2, 0) is 17.4 Å². The Balaban J connectivity index is 1.51. The topological polar surface area (TPSA) is 27.1 Å². The Kier molecular flexibility index (Phi) is 8.06. The van der Waals surface area contributed by atoms with Gasteiger partial charge in [-0.15, -0.1) is 0 Å². The quantitative estimate of drug-likeness (QED) is 0.137. The van der Waals surface area contributed by atoms with Gasteiger partial charge in [0, 0.05) is 28.6 Å². The molecule has 176 valence electrons. The first-order chi connectivity index (χ1) is 16.4. The molecule has 5 heteroatoms. The first-order valence-electron chi connectivity index (χ1n) is 11.9. The highest BCUT2D eigenvalue weighted by Gasteiger charge is 2.49. The Bertz CT molecular complexity index is 1130. The van der Waals surface area contributed by atoms with Gasteiger partial charge in [-0.2, -0.15) is 0 Å². The van der Waals surface area contributed by atoms with Crippen LogP contribution in [0.25, 0.3) is 0 Å². The fourth-order valence-corrected chi connectivity index (χ4v) is 9.69. The molecule has 4 aromatic rings. The summed E-state index contributed by atoms with van der Waals surface area (Å²) in [6, 6.07) is 30.4. The minimum absolute atomic E-state index is 0.00228. The molecule has 3 nitrogen and oxygen atoms in total. The lowest BCUT2D eigenvalue weighted by atomic mass is 10.2. The molecule has 0 aliphatic rings. The molecule has 0 aliphatic heterocycles. The fraction of sp³-hybridized carbons (Fsp3) is 0.276. The van der Waals surface area contributed by atoms with Crippen molar-refractivity contribution in [2.75, 3.05) is 6.61 Å². The van der Waals surface area contributed by atoms with Crippen molar-refractivity contribution in [2.45, 2.75) is 45.2 Å². The second kappa shape index (κ2) is 11.0. The smallest absolute Gasteiger partial charge is 0.261 e. The van der Waals surface area contributed by atoms with Crippen LogP contribution >= 0.6 is 22.6 Å². The fourth-order valence-electron chi connectivity index (χ4n) is 4.73. The molecule has 0 spiro atoms. The maximum atomic E-state index is 7.04. The molecule has 0 amide bonds. The Morgan fingerprint density at radius 3 is 2.00 bits per heavy atom. The van der Waals surface area contributed by atoms with Gasteiger partial charge in [-0.1, -0.05) is 93.6 Å². The van der Waals surface area contributed by atoms with Gasteiger partial charge in [0.1, 0.15) is 0 Å². The number of rotatable bonds is 9. The number of halogens is 1. The molecular weight excluding hydrogens is 547 g/mol. The van der Waals surface area contributed by atoms with E-state index in [1.165, 1.54) is 25.2 Å². The lowest BCUT2D eigenvalue weighted by Crippen LogP contribution is -2.66. The first-order valence-corrected chi connectivity index (χ1v) is 14.9. The lowest BCUT2D eigenvalue weighted by molar-refractivity contribution is 0.291. The zero-order chi connectivity index (χ0) is 24.0. The molecule has 0 aliphatic carbocycles. The summed E-state index contributed by atoms with van der Waals surface area (Å²) in [4.78, 5) is 4.43. The predicted octanol–water partition coefficient (Wildman–Crippen LogP) is 6.05. The Morgan fingerprint density at radius 2 is 1.44 bits per heavy atom. The number of nitrogens with zero attached hydrogens (tertiary/aromatic N) is 2. The zero-order valence-electron chi connectivity index (χ0n) is 20.2. The highest BCUT2D eigenvalue weighted by Crippen LogP contribution is 2.36. The van der Waals surface area contributed by atoms with E-state index in [-0.39, 0.29) is 5.04 Å². The van der Waals surface area contributed by atoms with E-state index in [1.807, 2.05) is 12.5 Å². The second-order valence-electron chi connectivity index (χ2n) is 9.75. The van der Waals surface area contributed by atoms with Crippen molar-refractivity contribution in [3.05, 3.63) is 112 Å². The van der Waals surface area contributed by atoms with Crippen molar-refractivity contribution in [3.8, 4) is 0 Å². The van der Waals surface area contributed by atoms with Gasteiger partial charge in [0.05, 0.1) is 6.33 Å². The van der Waals surface area contributed by atoms with Crippen LogP contribution in [0, 0.1) is 3.57 Å². The van der Waals surface area contributed by atoms with Crippen LogP contribution < -0.4 is 10.4 Å². The lowest BCUT2D eigenvalue weighted by Gasteiger charge is -2.43. The van der Waals surface area contributed by atoms with E-state index in [2.05, 4.69) is 138 Å². The van der Waals surface area contributed by atoms with Gasteiger partial charge in [0.25, 0.3) is 8.32 Å². The van der Waals surface area contributed by atoms with Crippen LogP contribution in [0.4, 0.5) is 0 Å². The van der Waals surface area contributed by atoms with Crippen molar-refractivity contribution in [2.24, 2.45) is 0 Å². The second-order valence-corrected chi connectivity index (χ2v) is 15.3. The van der Waals surface area contributed by atoms with Crippen LogP contribution in [0.3, 0.4) is 0 Å². The average Bonchev–Trinajstić information content (AvgIpc) is 3.28. The van der Waals surface area contributed by atoms with E-state index >= 15 is 0 Å². The summed E-state index contributed by atoms with van der Waals surface area (Å²) in [5.41, 5.74) is 2.55. The minimum atomic E-state index is -2.47.